The van der Waals surface area contributed by atoms with E-state index in [1.165, 1.54) is 21.7 Å². The van der Waals surface area contributed by atoms with Crippen molar-refractivity contribution in [3.63, 3.8) is 0 Å². The fourth-order valence-corrected chi connectivity index (χ4v) is 4.86. The molecule has 0 saturated heterocycles. The van der Waals surface area contributed by atoms with Crippen LogP contribution in [0.4, 0.5) is 14.9 Å². The predicted octanol–water partition coefficient (Wildman–Crippen LogP) is 2.71. The summed E-state index contributed by atoms with van der Waals surface area (Å²) in [4.78, 5) is 52.1. The number of carbonyl (C=O) groups is 4. The lowest BCUT2D eigenvalue weighted by Crippen LogP contribution is -2.58. The smallest absolute Gasteiger partial charge is 0.407 e. The number of hydrogen-bond donors (Lipinski definition) is 4. The number of primary amides is 1. The number of fused-ring (bicyclic) bond motifs is 1. The Morgan fingerprint density at radius 1 is 1.19 bits per heavy atom. The number of halogens is 2. The van der Waals surface area contributed by atoms with Gasteiger partial charge in [-0.1, -0.05) is 23.7 Å². The number of nitrogens with two attached hydrogens (primary N) is 2. The molecular formula is C28H33ClFN7O5. The van der Waals surface area contributed by atoms with Crippen molar-refractivity contribution < 1.29 is 28.3 Å². The Balaban J connectivity index is 1.50. The number of carbonyl (C=O) groups excluding carboxylic acids is 4. The molecule has 1 aromatic heterocycles. The normalized spacial score (nSPS) is 16.4. The van der Waals surface area contributed by atoms with E-state index in [-0.39, 0.29) is 48.0 Å². The second-order valence-corrected chi connectivity index (χ2v) is 11.5. The summed E-state index contributed by atoms with van der Waals surface area (Å²) in [6.07, 6.45) is 0.181. The van der Waals surface area contributed by atoms with Crippen LogP contribution in [0.3, 0.4) is 0 Å². The first-order valence-corrected chi connectivity index (χ1v) is 13.6. The number of ether oxygens (including phenoxy) is 1. The molecule has 1 aliphatic rings. The lowest BCUT2D eigenvalue weighted by Gasteiger charge is -2.42. The summed E-state index contributed by atoms with van der Waals surface area (Å²) < 4.78 is 20.9. The van der Waals surface area contributed by atoms with Gasteiger partial charge in [-0.2, -0.15) is 5.10 Å². The van der Waals surface area contributed by atoms with E-state index < -0.39 is 35.2 Å². The fourth-order valence-electron chi connectivity index (χ4n) is 4.66. The summed E-state index contributed by atoms with van der Waals surface area (Å²) in [6, 6.07) is 8.58. The summed E-state index contributed by atoms with van der Waals surface area (Å²) in [5.41, 5.74) is 11.7. The minimum absolute atomic E-state index is 0.0387. The lowest BCUT2D eigenvalue weighted by atomic mass is 9.85. The molecule has 12 nitrogen and oxygen atoms in total. The Bertz CT molecular complexity index is 1530. The van der Waals surface area contributed by atoms with Crippen LogP contribution >= 0.6 is 11.6 Å². The van der Waals surface area contributed by atoms with Gasteiger partial charge in [-0.15, -0.1) is 0 Å². The van der Waals surface area contributed by atoms with E-state index in [0.717, 1.165) is 0 Å². The third kappa shape index (κ3) is 7.27. The van der Waals surface area contributed by atoms with Crippen LogP contribution < -0.4 is 22.1 Å². The second-order valence-electron chi connectivity index (χ2n) is 11.1. The van der Waals surface area contributed by atoms with Gasteiger partial charge in [0.25, 0.3) is 5.91 Å². The van der Waals surface area contributed by atoms with Crippen LogP contribution in [0, 0.1) is 5.82 Å². The van der Waals surface area contributed by atoms with Crippen LogP contribution in [-0.4, -0.2) is 62.7 Å². The van der Waals surface area contributed by atoms with Crippen molar-refractivity contribution in [1.29, 1.82) is 0 Å². The molecule has 1 aliphatic carbocycles. The van der Waals surface area contributed by atoms with Gasteiger partial charge >= 0.3 is 6.09 Å². The van der Waals surface area contributed by atoms with Gasteiger partial charge in [-0.3, -0.25) is 19.1 Å². The molecule has 1 saturated carbocycles. The molecule has 0 aliphatic heterocycles. The third-order valence-corrected chi connectivity index (χ3v) is 7.00. The van der Waals surface area contributed by atoms with Crippen molar-refractivity contribution in [2.75, 3.05) is 12.3 Å². The van der Waals surface area contributed by atoms with Gasteiger partial charge in [0, 0.05) is 35.3 Å². The van der Waals surface area contributed by atoms with Gasteiger partial charge in [0.15, 0.2) is 5.69 Å². The highest BCUT2D eigenvalue weighted by molar-refractivity contribution is 6.30. The molecule has 4 amide bonds. The van der Waals surface area contributed by atoms with Crippen molar-refractivity contribution in [2.45, 2.75) is 64.4 Å². The number of nitrogens with one attached hydrogen (secondary N) is 2. The standard InChI is InChI=1S/C28H33ClFN7O5/c1-28(2,3)42-27(41)34-17-10-18(11-17)36(13-22(38)33-12-15-5-4-6-20(29)24(15)30)23(39)14-37-21-8-7-16(31)9-19(21)25(35-37)26(32)40/h4-9,17-18H,10-14,31H2,1-3H3,(H2,32,40)(H,33,38)(H,34,41). The van der Waals surface area contributed by atoms with Gasteiger partial charge in [0.2, 0.25) is 11.8 Å². The summed E-state index contributed by atoms with van der Waals surface area (Å²) in [7, 11) is 0. The molecule has 4 rings (SSSR count). The lowest BCUT2D eigenvalue weighted by molar-refractivity contribution is -0.141. The molecule has 42 heavy (non-hydrogen) atoms. The number of benzene rings is 2. The topological polar surface area (TPSA) is 175 Å². The van der Waals surface area contributed by atoms with E-state index in [0.29, 0.717) is 29.4 Å². The monoisotopic (exact) mass is 601 g/mol. The number of nitrogen functional groups attached to an aromatic ring is 1. The molecule has 1 heterocycles. The molecule has 0 atom stereocenters. The number of anilines is 1. The van der Waals surface area contributed by atoms with Gasteiger partial charge in [0.05, 0.1) is 17.1 Å². The molecule has 14 heteroatoms. The van der Waals surface area contributed by atoms with Crippen LogP contribution in [0.1, 0.15) is 49.7 Å². The van der Waals surface area contributed by atoms with E-state index in [4.69, 9.17) is 27.8 Å². The van der Waals surface area contributed by atoms with Crippen LogP contribution in [0.25, 0.3) is 10.9 Å². The summed E-state index contributed by atoms with van der Waals surface area (Å²) >= 11 is 5.83. The molecule has 2 aromatic carbocycles. The zero-order valence-corrected chi connectivity index (χ0v) is 24.2. The largest absolute Gasteiger partial charge is 0.444 e. The van der Waals surface area contributed by atoms with Gasteiger partial charge in [-0.05, 0) is 57.9 Å². The highest BCUT2D eigenvalue weighted by atomic mass is 35.5. The average molecular weight is 602 g/mol. The highest BCUT2D eigenvalue weighted by Gasteiger charge is 2.38. The first kappa shape index (κ1) is 30.6. The Labute approximate surface area is 246 Å². The molecule has 3 aromatic rings. The second kappa shape index (κ2) is 12.2. The maximum atomic E-state index is 14.3. The molecule has 0 bridgehead atoms. The Hall–Kier alpha value is -4.39. The number of alkyl carbamates (subject to hydrolysis) is 1. The van der Waals surface area contributed by atoms with Crippen molar-refractivity contribution in [2.24, 2.45) is 5.73 Å². The molecular weight excluding hydrogens is 569 g/mol. The summed E-state index contributed by atoms with van der Waals surface area (Å²) in [6.45, 7) is 4.49. The van der Waals surface area contributed by atoms with E-state index in [9.17, 15) is 23.6 Å². The molecule has 0 radical (unpaired) electrons. The molecule has 224 valence electrons. The van der Waals surface area contributed by atoms with Gasteiger partial charge < -0.3 is 31.7 Å². The highest BCUT2D eigenvalue weighted by Crippen LogP contribution is 2.28. The van der Waals surface area contributed by atoms with E-state index in [2.05, 4.69) is 15.7 Å². The van der Waals surface area contributed by atoms with E-state index >= 15 is 0 Å². The zero-order chi connectivity index (χ0) is 30.8. The summed E-state index contributed by atoms with van der Waals surface area (Å²) in [5, 5.41) is 9.95. The van der Waals surface area contributed by atoms with Gasteiger partial charge in [-0.25, -0.2) is 9.18 Å². The molecule has 6 N–H and O–H groups in total. The fraction of sp³-hybridized carbons (Fsp3) is 0.393. The Kier molecular flexibility index (Phi) is 8.90. The van der Waals surface area contributed by atoms with Crippen LogP contribution in [0.2, 0.25) is 5.02 Å². The SMILES string of the molecule is CC(C)(C)OC(=O)NC1CC(N(CC(=O)NCc2cccc(Cl)c2F)C(=O)Cn2nc(C(N)=O)c3cc(N)ccc32)C1. The Morgan fingerprint density at radius 3 is 2.57 bits per heavy atom. The van der Waals surface area contributed by atoms with E-state index in [1.807, 2.05) is 0 Å². The first-order chi connectivity index (χ1) is 19.7. The van der Waals surface area contributed by atoms with Crippen molar-refractivity contribution >= 4 is 52.0 Å². The van der Waals surface area contributed by atoms with Crippen molar-refractivity contribution in [3.05, 3.63) is 58.5 Å². The number of amides is 4. The third-order valence-electron chi connectivity index (χ3n) is 6.71. The molecule has 1 fully saturated rings. The number of hydrogen-bond acceptors (Lipinski definition) is 7. The first-order valence-electron chi connectivity index (χ1n) is 13.3. The number of rotatable bonds is 9. The average Bonchev–Trinajstić information content (AvgIpc) is 3.22. The minimum Gasteiger partial charge on any atom is -0.444 e. The minimum atomic E-state index is -0.781. The maximum Gasteiger partial charge on any atom is 0.407 e. The summed E-state index contributed by atoms with van der Waals surface area (Å²) in [5.74, 6) is -2.41. The molecule has 0 spiro atoms. The Morgan fingerprint density at radius 2 is 1.90 bits per heavy atom. The van der Waals surface area contributed by atoms with Crippen LogP contribution in [0.15, 0.2) is 36.4 Å². The number of nitrogens with zero attached hydrogens (tertiary/aromatic N) is 3. The quantitative estimate of drug-likeness (QED) is 0.273. The van der Waals surface area contributed by atoms with Crippen molar-refractivity contribution in [3.8, 4) is 0 Å². The number of aromatic nitrogens is 2. The van der Waals surface area contributed by atoms with E-state index in [1.54, 1.807) is 45.0 Å². The van der Waals surface area contributed by atoms with Crippen molar-refractivity contribution in [1.82, 2.24) is 25.3 Å². The van der Waals surface area contributed by atoms with Crippen LogP contribution in [-0.2, 0) is 27.4 Å². The van der Waals surface area contributed by atoms with Crippen LogP contribution in [0.5, 0.6) is 0 Å². The van der Waals surface area contributed by atoms with Gasteiger partial charge in [0.1, 0.15) is 18.0 Å². The maximum absolute atomic E-state index is 14.3. The zero-order valence-electron chi connectivity index (χ0n) is 23.4. The predicted molar refractivity (Wildman–Crippen MR) is 154 cm³/mol. The molecule has 0 unspecified atom stereocenters.